The monoisotopic (exact) mass is 519 g/mol. The number of thiazole rings is 1. The number of nitrogens with one attached hydrogen (secondary N) is 1. The fourth-order valence-electron chi connectivity index (χ4n) is 4.79. The second kappa shape index (κ2) is 12.7. The molecular weight excluding hydrogens is 489 g/mol. The number of carbonyl (C=O) groups excluding carboxylic acids is 1. The van der Waals surface area contributed by atoms with Crippen LogP contribution in [0.4, 0.5) is 16.5 Å². The molecule has 1 N–H and O–H groups in total. The Bertz CT molecular complexity index is 1300. The molecule has 1 saturated carbocycles. The van der Waals surface area contributed by atoms with Crippen LogP contribution in [-0.2, 0) is 6.54 Å². The van der Waals surface area contributed by atoms with Crippen LogP contribution in [0.3, 0.4) is 0 Å². The minimum absolute atomic E-state index is 0. The number of nitrogens with zero attached hydrogens (tertiary/aromatic N) is 2. The van der Waals surface area contributed by atoms with E-state index in [1.807, 2.05) is 17.3 Å². The van der Waals surface area contributed by atoms with E-state index in [0.717, 1.165) is 40.2 Å². The van der Waals surface area contributed by atoms with Crippen LogP contribution in [0.15, 0.2) is 78.2 Å². The van der Waals surface area contributed by atoms with E-state index in [2.05, 4.69) is 53.8 Å². The Hall–Kier alpha value is -2.64. The van der Waals surface area contributed by atoms with E-state index in [0.29, 0.717) is 0 Å². The SMILES string of the molecule is CN(c1ccc(C(=O)[O-])cc1)c1nc(-c2ccc(NCc3ccc(C4CCCCC4)cc3)cc2)cs1.[Na+]. The van der Waals surface area contributed by atoms with E-state index in [9.17, 15) is 9.90 Å². The zero-order valence-electron chi connectivity index (χ0n) is 21.4. The van der Waals surface area contributed by atoms with E-state index >= 15 is 0 Å². The van der Waals surface area contributed by atoms with Crippen molar-refractivity contribution in [1.82, 2.24) is 4.98 Å². The molecule has 184 valence electrons. The van der Waals surface area contributed by atoms with Gasteiger partial charge in [-0.2, -0.15) is 0 Å². The summed E-state index contributed by atoms with van der Waals surface area (Å²) < 4.78 is 0. The average molecular weight is 520 g/mol. The van der Waals surface area contributed by atoms with Crippen molar-refractivity contribution in [1.29, 1.82) is 0 Å². The molecule has 0 unspecified atom stereocenters. The fraction of sp³-hybridized carbons (Fsp3) is 0.267. The minimum Gasteiger partial charge on any atom is -0.545 e. The van der Waals surface area contributed by atoms with Gasteiger partial charge in [-0.15, -0.1) is 11.3 Å². The summed E-state index contributed by atoms with van der Waals surface area (Å²) in [6.07, 6.45) is 6.78. The van der Waals surface area contributed by atoms with Crippen molar-refractivity contribution >= 4 is 33.8 Å². The molecule has 0 aliphatic heterocycles. The van der Waals surface area contributed by atoms with Gasteiger partial charge >= 0.3 is 29.6 Å². The quantitative estimate of drug-likeness (QED) is 0.361. The summed E-state index contributed by atoms with van der Waals surface area (Å²) in [5.74, 6) is -0.430. The molecule has 0 spiro atoms. The normalized spacial score (nSPS) is 13.5. The molecule has 5 rings (SSSR count). The topological polar surface area (TPSA) is 68.3 Å². The van der Waals surface area contributed by atoms with Crippen LogP contribution in [0.2, 0.25) is 0 Å². The zero-order chi connectivity index (χ0) is 24.9. The minimum atomic E-state index is -1.17. The Kier molecular flexibility index (Phi) is 9.43. The fourth-order valence-corrected chi connectivity index (χ4v) is 5.61. The van der Waals surface area contributed by atoms with Gasteiger partial charge in [0.2, 0.25) is 0 Å². The van der Waals surface area contributed by atoms with Crippen LogP contribution in [-0.4, -0.2) is 18.0 Å². The van der Waals surface area contributed by atoms with Crippen molar-refractivity contribution in [3.05, 3.63) is 94.9 Å². The summed E-state index contributed by atoms with van der Waals surface area (Å²) in [4.78, 5) is 17.7. The van der Waals surface area contributed by atoms with Crippen molar-refractivity contribution in [2.45, 2.75) is 44.6 Å². The molecule has 5 nitrogen and oxygen atoms in total. The van der Waals surface area contributed by atoms with Gasteiger partial charge in [-0.05, 0) is 59.7 Å². The summed E-state index contributed by atoms with van der Waals surface area (Å²) in [5, 5.41) is 17.4. The summed E-state index contributed by atoms with van der Waals surface area (Å²) in [6, 6.07) is 24.1. The van der Waals surface area contributed by atoms with Crippen molar-refractivity contribution in [2.75, 3.05) is 17.3 Å². The Labute approximate surface area is 244 Å². The number of carboxylic acid groups (broad SMARTS) is 1. The maximum absolute atomic E-state index is 11.0. The Morgan fingerprint density at radius 2 is 1.65 bits per heavy atom. The van der Waals surface area contributed by atoms with Crippen LogP contribution < -0.4 is 44.9 Å². The van der Waals surface area contributed by atoms with Gasteiger partial charge in [-0.25, -0.2) is 4.98 Å². The average Bonchev–Trinajstić information content (AvgIpc) is 3.43. The number of carbonyl (C=O) groups is 1. The second-order valence-electron chi connectivity index (χ2n) is 9.42. The molecule has 0 amide bonds. The molecule has 1 fully saturated rings. The van der Waals surface area contributed by atoms with E-state index in [1.54, 1.807) is 35.6 Å². The van der Waals surface area contributed by atoms with Gasteiger partial charge < -0.3 is 20.1 Å². The van der Waals surface area contributed by atoms with Crippen molar-refractivity contribution < 1.29 is 39.5 Å². The Morgan fingerprint density at radius 1 is 0.973 bits per heavy atom. The van der Waals surface area contributed by atoms with Crippen LogP contribution in [0.5, 0.6) is 0 Å². The van der Waals surface area contributed by atoms with Gasteiger partial charge in [-0.3, -0.25) is 0 Å². The van der Waals surface area contributed by atoms with Crippen LogP contribution in [0, 0.1) is 0 Å². The number of hydrogen-bond acceptors (Lipinski definition) is 6. The number of hydrogen-bond donors (Lipinski definition) is 1. The van der Waals surface area contributed by atoms with Crippen LogP contribution in [0.25, 0.3) is 11.3 Å². The maximum atomic E-state index is 11.0. The van der Waals surface area contributed by atoms with Gasteiger partial charge in [0.25, 0.3) is 0 Å². The smallest absolute Gasteiger partial charge is 0.545 e. The molecule has 37 heavy (non-hydrogen) atoms. The largest absolute Gasteiger partial charge is 1.00 e. The van der Waals surface area contributed by atoms with Crippen molar-refractivity contribution in [3.63, 3.8) is 0 Å². The van der Waals surface area contributed by atoms with E-state index in [-0.39, 0.29) is 35.1 Å². The number of carboxylic acids is 1. The summed E-state index contributed by atoms with van der Waals surface area (Å²) in [6.45, 7) is 0.798. The van der Waals surface area contributed by atoms with Gasteiger partial charge in [0, 0.05) is 35.9 Å². The third-order valence-electron chi connectivity index (χ3n) is 7.00. The molecular formula is C30H30N3NaO2S. The first-order valence-electron chi connectivity index (χ1n) is 12.5. The van der Waals surface area contributed by atoms with E-state index in [1.165, 1.54) is 43.2 Å². The maximum Gasteiger partial charge on any atom is 1.00 e. The summed E-state index contributed by atoms with van der Waals surface area (Å²) >= 11 is 1.55. The predicted molar refractivity (Wildman–Crippen MR) is 146 cm³/mol. The third kappa shape index (κ3) is 6.82. The van der Waals surface area contributed by atoms with E-state index in [4.69, 9.17) is 4.98 Å². The van der Waals surface area contributed by atoms with Gasteiger partial charge in [0.05, 0.1) is 11.7 Å². The molecule has 4 aromatic rings. The molecule has 1 aliphatic rings. The molecule has 1 aromatic heterocycles. The first kappa shape index (κ1) is 27.4. The molecule has 0 saturated heterocycles. The Balaban J connectivity index is 0.00000320. The van der Waals surface area contributed by atoms with Crippen LogP contribution >= 0.6 is 11.3 Å². The van der Waals surface area contributed by atoms with Gasteiger partial charge in [0.15, 0.2) is 5.13 Å². The summed E-state index contributed by atoms with van der Waals surface area (Å²) in [7, 11) is 1.92. The number of aromatic carboxylic acids is 1. The zero-order valence-corrected chi connectivity index (χ0v) is 24.3. The van der Waals surface area contributed by atoms with Crippen molar-refractivity contribution in [3.8, 4) is 11.3 Å². The molecule has 0 radical (unpaired) electrons. The van der Waals surface area contributed by atoms with Gasteiger partial charge in [0.1, 0.15) is 0 Å². The first-order valence-corrected chi connectivity index (χ1v) is 13.4. The van der Waals surface area contributed by atoms with Gasteiger partial charge in [-0.1, -0.05) is 67.8 Å². The number of rotatable bonds is 8. The molecule has 1 heterocycles. The van der Waals surface area contributed by atoms with Crippen molar-refractivity contribution in [2.24, 2.45) is 0 Å². The molecule has 0 bridgehead atoms. The third-order valence-corrected chi connectivity index (χ3v) is 7.92. The molecule has 0 atom stereocenters. The number of aromatic nitrogens is 1. The first-order chi connectivity index (χ1) is 17.6. The summed E-state index contributed by atoms with van der Waals surface area (Å²) in [5.41, 5.74) is 6.86. The number of benzene rings is 3. The molecule has 7 heteroatoms. The van der Waals surface area contributed by atoms with E-state index < -0.39 is 5.97 Å². The Morgan fingerprint density at radius 3 is 2.30 bits per heavy atom. The predicted octanol–water partition coefficient (Wildman–Crippen LogP) is 3.61. The number of anilines is 3. The van der Waals surface area contributed by atoms with Crippen LogP contribution in [0.1, 0.15) is 59.5 Å². The standard InChI is InChI=1S/C30H31N3O2S.Na/c1-33(27-17-13-25(14-18-27)29(34)35)30-32-28(20-36-30)24-11-15-26(16-12-24)31-19-21-7-9-23(10-8-21)22-5-3-2-4-6-22;/h7-18,20,22,31H,2-6,19H2,1H3,(H,34,35);/q;+1/p-1. The second-order valence-corrected chi connectivity index (χ2v) is 10.3. The molecule has 1 aliphatic carbocycles. The molecule has 3 aromatic carbocycles.